The molecule has 0 atom stereocenters. The van der Waals surface area contributed by atoms with Crippen molar-refractivity contribution in [3.63, 3.8) is 0 Å². The minimum atomic E-state index is -3.57. The van der Waals surface area contributed by atoms with E-state index in [0.29, 0.717) is 4.90 Å². The van der Waals surface area contributed by atoms with Crippen LogP contribution in [-0.2, 0) is 16.6 Å². The van der Waals surface area contributed by atoms with E-state index < -0.39 is 10.0 Å². The molecule has 3 rings (SSSR count). The van der Waals surface area contributed by atoms with Gasteiger partial charge in [0.05, 0.1) is 15.5 Å². The van der Waals surface area contributed by atoms with E-state index in [1.54, 1.807) is 23.6 Å². The second kappa shape index (κ2) is 6.84. The largest absolute Gasteiger partial charge is 0.255 e. The Bertz CT molecular complexity index is 949. The Balaban J connectivity index is 1.86. The number of rotatable bonds is 5. The van der Waals surface area contributed by atoms with Crippen molar-refractivity contribution in [2.75, 3.05) is 0 Å². The number of hydrogen-bond donors (Lipinski definition) is 1. The van der Waals surface area contributed by atoms with Crippen LogP contribution < -0.4 is 4.72 Å². The Kier molecular flexibility index (Phi) is 4.80. The molecule has 0 saturated carbocycles. The van der Waals surface area contributed by atoms with E-state index >= 15 is 0 Å². The predicted molar refractivity (Wildman–Crippen MR) is 97.5 cm³/mol. The highest BCUT2D eigenvalue weighted by Crippen LogP contribution is 2.26. The molecule has 0 radical (unpaired) electrons. The fourth-order valence-electron chi connectivity index (χ4n) is 2.57. The lowest BCUT2D eigenvalue weighted by Gasteiger charge is -2.11. The fourth-order valence-corrected chi connectivity index (χ4v) is 4.56. The number of pyridine rings is 1. The fraction of sp³-hybridized carbons (Fsp3) is 0.167. The number of nitrogens with zero attached hydrogens (tertiary/aromatic N) is 1. The van der Waals surface area contributed by atoms with Crippen LogP contribution in [0.5, 0.6) is 0 Å². The van der Waals surface area contributed by atoms with Crippen LogP contribution >= 0.6 is 11.3 Å². The molecule has 0 spiro atoms. The van der Waals surface area contributed by atoms with Gasteiger partial charge < -0.3 is 0 Å². The van der Waals surface area contributed by atoms with E-state index in [-0.39, 0.29) is 6.54 Å². The number of aromatic nitrogens is 1. The summed E-state index contributed by atoms with van der Waals surface area (Å²) in [5.74, 6) is 0. The minimum absolute atomic E-state index is 0.205. The molecule has 6 heteroatoms. The van der Waals surface area contributed by atoms with Crippen LogP contribution in [0.25, 0.3) is 10.6 Å². The monoisotopic (exact) mass is 358 g/mol. The maximum atomic E-state index is 12.6. The first-order valence-electron chi connectivity index (χ1n) is 7.52. The first-order chi connectivity index (χ1) is 11.5. The second-order valence-corrected chi connectivity index (χ2v) is 8.27. The quantitative estimate of drug-likeness (QED) is 0.752. The van der Waals surface area contributed by atoms with Crippen molar-refractivity contribution in [1.82, 2.24) is 9.71 Å². The van der Waals surface area contributed by atoms with Crippen LogP contribution in [0.3, 0.4) is 0 Å². The third-order valence-corrected chi connectivity index (χ3v) is 6.16. The van der Waals surface area contributed by atoms with Crippen molar-refractivity contribution in [2.24, 2.45) is 0 Å². The maximum Gasteiger partial charge on any atom is 0.241 e. The van der Waals surface area contributed by atoms with Gasteiger partial charge in [0.1, 0.15) is 0 Å². The molecule has 2 heterocycles. The highest BCUT2D eigenvalue weighted by molar-refractivity contribution is 7.89. The summed E-state index contributed by atoms with van der Waals surface area (Å²) in [7, 11) is -3.57. The van der Waals surface area contributed by atoms with E-state index in [1.807, 2.05) is 55.6 Å². The standard InChI is InChI=1S/C18H18N2O2S2/c1-13-7-8-17(14(2)11-13)24(21,22)20-12-15-5-3-9-19-18(15)16-6-4-10-23-16/h3-11,20H,12H2,1-2H3. The highest BCUT2D eigenvalue weighted by atomic mass is 32.2. The highest BCUT2D eigenvalue weighted by Gasteiger charge is 2.17. The van der Waals surface area contributed by atoms with Crippen LogP contribution in [0.1, 0.15) is 16.7 Å². The average molecular weight is 358 g/mol. The molecule has 0 saturated heterocycles. The third kappa shape index (κ3) is 3.56. The predicted octanol–water partition coefficient (Wildman–Crippen LogP) is 3.91. The summed E-state index contributed by atoms with van der Waals surface area (Å²) < 4.78 is 27.9. The maximum absolute atomic E-state index is 12.6. The summed E-state index contributed by atoms with van der Waals surface area (Å²) in [4.78, 5) is 5.74. The molecule has 0 aliphatic heterocycles. The number of thiophene rings is 1. The first kappa shape index (κ1) is 16.8. The van der Waals surface area contributed by atoms with Crippen molar-refractivity contribution in [3.8, 4) is 10.6 Å². The van der Waals surface area contributed by atoms with Gasteiger partial charge in [0, 0.05) is 12.7 Å². The second-order valence-electron chi connectivity index (χ2n) is 5.58. The lowest BCUT2D eigenvalue weighted by Crippen LogP contribution is -2.24. The Morgan fingerprint density at radius 1 is 1.12 bits per heavy atom. The van der Waals surface area contributed by atoms with Gasteiger partial charge in [-0.3, -0.25) is 4.98 Å². The van der Waals surface area contributed by atoms with Gasteiger partial charge in [0.15, 0.2) is 0 Å². The van der Waals surface area contributed by atoms with Gasteiger partial charge in [0.2, 0.25) is 10.0 Å². The van der Waals surface area contributed by atoms with Gasteiger partial charge in [-0.25, -0.2) is 13.1 Å². The minimum Gasteiger partial charge on any atom is -0.255 e. The van der Waals surface area contributed by atoms with Crippen molar-refractivity contribution in [3.05, 3.63) is 70.7 Å². The first-order valence-corrected chi connectivity index (χ1v) is 9.88. The third-order valence-electron chi connectivity index (χ3n) is 3.72. The molecule has 2 aromatic heterocycles. The van der Waals surface area contributed by atoms with Crippen molar-refractivity contribution in [1.29, 1.82) is 0 Å². The number of sulfonamides is 1. The van der Waals surface area contributed by atoms with E-state index in [1.165, 1.54) is 0 Å². The summed E-state index contributed by atoms with van der Waals surface area (Å²) in [5, 5.41) is 1.98. The topological polar surface area (TPSA) is 59.1 Å². The summed E-state index contributed by atoms with van der Waals surface area (Å²) >= 11 is 1.58. The van der Waals surface area contributed by atoms with Crippen LogP contribution in [0, 0.1) is 13.8 Å². The Morgan fingerprint density at radius 3 is 2.67 bits per heavy atom. The average Bonchev–Trinajstić information content (AvgIpc) is 3.07. The van der Waals surface area contributed by atoms with Crippen molar-refractivity contribution in [2.45, 2.75) is 25.3 Å². The molecule has 0 unspecified atom stereocenters. The zero-order valence-electron chi connectivity index (χ0n) is 13.5. The Labute approximate surface area is 146 Å². The van der Waals surface area contributed by atoms with E-state index in [4.69, 9.17) is 0 Å². The number of benzene rings is 1. The van der Waals surface area contributed by atoms with Gasteiger partial charge >= 0.3 is 0 Å². The molecular formula is C18H18N2O2S2. The van der Waals surface area contributed by atoms with Gasteiger partial charge in [-0.05, 0) is 48.6 Å². The number of nitrogens with one attached hydrogen (secondary N) is 1. The Morgan fingerprint density at radius 2 is 1.96 bits per heavy atom. The smallest absolute Gasteiger partial charge is 0.241 e. The summed E-state index contributed by atoms with van der Waals surface area (Å²) in [6.45, 7) is 3.96. The van der Waals surface area contributed by atoms with Gasteiger partial charge in [-0.1, -0.05) is 29.8 Å². The van der Waals surface area contributed by atoms with Crippen LogP contribution in [0.4, 0.5) is 0 Å². The molecule has 124 valence electrons. The molecule has 0 aliphatic carbocycles. The van der Waals surface area contributed by atoms with E-state index in [0.717, 1.165) is 27.3 Å². The summed E-state index contributed by atoms with van der Waals surface area (Å²) in [6, 6.07) is 13.0. The van der Waals surface area contributed by atoms with Crippen molar-refractivity contribution < 1.29 is 8.42 Å². The van der Waals surface area contributed by atoms with Gasteiger partial charge in [-0.15, -0.1) is 11.3 Å². The van der Waals surface area contributed by atoms with E-state index in [2.05, 4.69) is 9.71 Å². The molecular weight excluding hydrogens is 340 g/mol. The zero-order valence-corrected chi connectivity index (χ0v) is 15.1. The normalized spacial score (nSPS) is 11.6. The van der Waals surface area contributed by atoms with Gasteiger partial charge in [-0.2, -0.15) is 0 Å². The van der Waals surface area contributed by atoms with Crippen LogP contribution in [0.2, 0.25) is 0 Å². The molecule has 0 bridgehead atoms. The Hall–Kier alpha value is -2.02. The van der Waals surface area contributed by atoms with E-state index in [9.17, 15) is 8.42 Å². The molecule has 1 N–H and O–H groups in total. The molecule has 4 nitrogen and oxygen atoms in total. The molecule has 3 aromatic rings. The lowest BCUT2D eigenvalue weighted by atomic mass is 10.2. The van der Waals surface area contributed by atoms with Crippen LogP contribution in [-0.4, -0.2) is 13.4 Å². The molecule has 24 heavy (non-hydrogen) atoms. The van der Waals surface area contributed by atoms with Crippen molar-refractivity contribution >= 4 is 21.4 Å². The molecule has 0 amide bonds. The summed E-state index contributed by atoms with van der Waals surface area (Å²) in [5.41, 5.74) is 3.45. The molecule has 0 aliphatic rings. The molecule has 1 aromatic carbocycles. The SMILES string of the molecule is Cc1ccc(S(=O)(=O)NCc2cccnc2-c2cccs2)c(C)c1. The number of aryl methyl sites for hydroxylation is 2. The summed E-state index contributed by atoms with van der Waals surface area (Å²) in [6.07, 6.45) is 1.72. The lowest BCUT2D eigenvalue weighted by molar-refractivity contribution is 0.580. The molecule has 0 fully saturated rings. The van der Waals surface area contributed by atoms with Crippen LogP contribution in [0.15, 0.2) is 58.9 Å². The zero-order chi connectivity index (χ0) is 17.2. The van der Waals surface area contributed by atoms with Gasteiger partial charge in [0.25, 0.3) is 0 Å². The number of hydrogen-bond acceptors (Lipinski definition) is 4.